The lowest BCUT2D eigenvalue weighted by atomic mass is 9.97. The number of aromatic hydroxyl groups is 2. The highest BCUT2D eigenvalue weighted by atomic mass is 35.5. The van der Waals surface area contributed by atoms with Gasteiger partial charge in [-0.1, -0.05) is 48.5 Å². The van der Waals surface area contributed by atoms with E-state index in [4.69, 9.17) is 4.74 Å². The van der Waals surface area contributed by atoms with E-state index in [0.717, 1.165) is 24.1 Å². The van der Waals surface area contributed by atoms with Crippen LogP contribution in [0.3, 0.4) is 0 Å². The van der Waals surface area contributed by atoms with Crippen molar-refractivity contribution in [3.05, 3.63) is 119 Å². The number of phenolic OH excluding ortho intramolecular Hbond substituents is 2. The van der Waals surface area contributed by atoms with E-state index in [-0.39, 0.29) is 46.7 Å². The lowest BCUT2D eigenvalue weighted by molar-refractivity contribution is 0.0192. The van der Waals surface area contributed by atoms with Crippen LogP contribution in [0, 0.1) is 0 Å². The van der Waals surface area contributed by atoms with E-state index in [1.165, 1.54) is 54.6 Å². The summed E-state index contributed by atoms with van der Waals surface area (Å²) in [5.74, 6) is -1.32. The molecule has 1 aliphatic heterocycles. The molecule has 0 bridgehead atoms. The summed E-state index contributed by atoms with van der Waals surface area (Å²) in [6, 6.07) is 26.0. The first kappa shape index (κ1) is 30.3. The van der Waals surface area contributed by atoms with Crippen molar-refractivity contribution < 1.29 is 29.3 Å². The van der Waals surface area contributed by atoms with Crippen LogP contribution >= 0.6 is 12.4 Å². The number of ether oxygens (including phenoxy) is 1. The molecule has 1 amide bonds. The Bertz CT molecular complexity index is 1540. The SMILES string of the molecule is Cl.O=C(N[C@@H]1CNCCC[C@H]1OC(=O)c1ccc(C(=O)c2cc(-c3ccccc3)ccc2O)cc1)c1ccc(O)cc1. The third-order valence-electron chi connectivity index (χ3n) is 7.09. The maximum Gasteiger partial charge on any atom is 0.338 e. The number of carbonyl (C=O) groups is 3. The molecule has 0 aliphatic carbocycles. The van der Waals surface area contributed by atoms with Gasteiger partial charge in [-0.3, -0.25) is 9.59 Å². The third kappa shape index (κ3) is 7.15. The number of hydrogen-bond donors (Lipinski definition) is 4. The van der Waals surface area contributed by atoms with E-state index in [1.807, 2.05) is 30.3 Å². The molecule has 0 unspecified atom stereocenters. The van der Waals surface area contributed by atoms with Crippen LogP contribution in [-0.2, 0) is 4.74 Å². The molecule has 1 fully saturated rings. The van der Waals surface area contributed by atoms with E-state index in [0.29, 0.717) is 24.1 Å². The molecule has 0 aromatic heterocycles. The summed E-state index contributed by atoms with van der Waals surface area (Å²) >= 11 is 0. The smallest absolute Gasteiger partial charge is 0.338 e. The number of phenols is 2. The lowest BCUT2D eigenvalue weighted by Gasteiger charge is -2.26. The zero-order valence-corrected chi connectivity index (χ0v) is 23.5. The minimum absolute atomic E-state index is 0. The van der Waals surface area contributed by atoms with Gasteiger partial charge < -0.3 is 25.6 Å². The highest BCUT2D eigenvalue weighted by Gasteiger charge is 2.29. The van der Waals surface area contributed by atoms with E-state index < -0.39 is 18.1 Å². The van der Waals surface area contributed by atoms with Gasteiger partial charge >= 0.3 is 5.97 Å². The second kappa shape index (κ2) is 13.8. The summed E-state index contributed by atoms with van der Waals surface area (Å²) in [5.41, 5.74) is 2.87. The Balaban J connectivity index is 0.00000405. The molecule has 5 rings (SSSR count). The summed E-state index contributed by atoms with van der Waals surface area (Å²) in [4.78, 5) is 39.1. The van der Waals surface area contributed by atoms with E-state index in [1.54, 1.807) is 12.1 Å². The largest absolute Gasteiger partial charge is 0.508 e. The molecule has 1 aliphatic rings. The molecular formula is C33H31ClN2O6. The molecule has 4 aromatic rings. The van der Waals surface area contributed by atoms with Crippen LogP contribution in [0.5, 0.6) is 11.5 Å². The number of benzene rings is 4. The Morgan fingerprint density at radius 2 is 1.45 bits per heavy atom. The number of carbonyl (C=O) groups excluding carboxylic acids is 3. The zero-order valence-electron chi connectivity index (χ0n) is 22.7. The van der Waals surface area contributed by atoms with Crippen molar-refractivity contribution in [2.24, 2.45) is 0 Å². The second-order valence-corrected chi connectivity index (χ2v) is 9.92. The molecule has 0 saturated carbocycles. The molecule has 0 radical (unpaired) electrons. The Morgan fingerprint density at radius 3 is 2.17 bits per heavy atom. The summed E-state index contributed by atoms with van der Waals surface area (Å²) < 4.78 is 5.84. The standard InChI is InChI=1S/C33H30N2O6.ClH/c36-26-15-12-23(13-16-26)32(39)35-28-20-34-18-4-7-30(28)41-33(40)24-10-8-22(9-11-24)31(38)27-19-25(14-17-29(27)37)21-5-2-1-3-6-21;/h1-3,5-6,8-17,19,28,30,34,36-37H,4,7,18,20H2,(H,35,39);1H/t28-,30-;/m1./s1. The van der Waals surface area contributed by atoms with Crippen LogP contribution < -0.4 is 10.6 Å². The van der Waals surface area contributed by atoms with Crippen LogP contribution in [0.25, 0.3) is 11.1 Å². The van der Waals surface area contributed by atoms with Crippen molar-refractivity contribution in [2.75, 3.05) is 13.1 Å². The minimum Gasteiger partial charge on any atom is -0.508 e. The average molecular weight is 587 g/mol. The van der Waals surface area contributed by atoms with Crippen LogP contribution in [0.4, 0.5) is 0 Å². The van der Waals surface area contributed by atoms with Crippen molar-refractivity contribution in [1.82, 2.24) is 10.6 Å². The molecule has 2 atom stereocenters. The van der Waals surface area contributed by atoms with Crippen molar-refractivity contribution in [1.29, 1.82) is 0 Å². The number of rotatable bonds is 7. The normalized spacial score (nSPS) is 16.4. The molecule has 4 N–H and O–H groups in total. The van der Waals surface area contributed by atoms with Crippen LogP contribution in [0.2, 0.25) is 0 Å². The van der Waals surface area contributed by atoms with E-state index >= 15 is 0 Å². The maximum atomic E-state index is 13.2. The fraction of sp³-hybridized carbons (Fsp3) is 0.182. The van der Waals surface area contributed by atoms with Crippen molar-refractivity contribution in [3.63, 3.8) is 0 Å². The third-order valence-corrected chi connectivity index (χ3v) is 7.09. The van der Waals surface area contributed by atoms with Gasteiger partial charge in [0.25, 0.3) is 5.91 Å². The Labute approximate surface area is 249 Å². The first-order valence-electron chi connectivity index (χ1n) is 13.4. The van der Waals surface area contributed by atoms with Crippen LogP contribution in [-0.4, -0.2) is 53.1 Å². The predicted molar refractivity (Wildman–Crippen MR) is 161 cm³/mol. The maximum absolute atomic E-state index is 13.2. The lowest BCUT2D eigenvalue weighted by Crippen LogP contribution is -2.49. The summed E-state index contributed by atoms with van der Waals surface area (Å²) in [7, 11) is 0. The molecule has 216 valence electrons. The van der Waals surface area contributed by atoms with Crippen molar-refractivity contribution in [3.8, 4) is 22.6 Å². The fourth-order valence-electron chi connectivity index (χ4n) is 4.81. The minimum atomic E-state index is -0.561. The van der Waals surface area contributed by atoms with Gasteiger partial charge in [-0.15, -0.1) is 12.4 Å². The van der Waals surface area contributed by atoms with Crippen molar-refractivity contribution in [2.45, 2.75) is 25.0 Å². The molecule has 0 spiro atoms. The van der Waals surface area contributed by atoms with Gasteiger partial charge in [-0.05, 0) is 79.0 Å². The molecule has 8 nitrogen and oxygen atoms in total. The number of esters is 1. The van der Waals surface area contributed by atoms with Gasteiger partial charge in [0, 0.05) is 17.7 Å². The van der Waals surface area contributed by atoms with Crippen molar-refractivity contribution >= 4 is 30.1 Å². The van der Waals surface area contributed by atoms with Gasteiger partial charge in [0.1, 0.15) is 17.6 Å². The molecule has 1 saturated heterocycles. The molecular weight excluding hydrogens is 556 g/mol. The topological polar surface area (TPSA) is 125 Å². The quantitative estimate of drug-likeness (QED) is 0.175. The molecule has 9 heteroatoms. The summed E-state index contributed by atoms with van der Waals surface area (Å²) in [5, 5.41) is 26.1. The fourth-order valence-corrected chi connectivity index (χ4v) is 4.81. The van der Waals surface area contributed by atoms with Gasteiger partial charge in [0.05, 0.1) is 17.2 Å². The first-order valence-corrected chi connectivity index (χ1v) is 13.4. The second-order valence-electron chi connectivity index (χ2n) is 9.92. The monoisotopic (exact) mass is 586 g/mol. The molecule has 42 heavy (non-hydrogen) atoms. The zero-order chi connectivity index (χ0) is 28.8. The summed E-state index contributed by atoms with van der Waals surface area (Å²) in [6.45, 7) is 1.16. The number of nitrogens with one attached hydrogen (secondary N) is 2. The highest BCUT2D eigenvalue weighted by Crippen LogP contribution is 2.28. The molecule has 1 heterocycles. The number of hydrogen-bond acceptors (Lipinski definition) is 7. The van der Waals surface area contributed by atoms with E-state index in [9.17, 15) is 24.6 Å². The highest BCUT2D eigenvalue weighted by molar-refractivity contribution is 6.11. The van der Waals surface area contributed by atoms with E-state index in [2.05, 4.69) is 10.6 Å². The predicted octanol–water partition coefficient (Wildman–Crippen LogP) is 5.13. The first-order chi connectivity index (χ1) is 19.9. The number of amides is 1. The van der Waals surface area contributed by atoms with Crippen LogP contribution in [0.1, 0.15) is 49.5 Å². The van der Waals surface area contributed by atoms with Crippen LogP contribution in [0.15, 0.2) is 97.1 Å². The Kier molecular flexibility index (Phi) is 9.96. The van der Waals surface area contributed by atoms with Gasteiger partial charge in [-0.2, -0.15) is 0 Å². The summed E-state index contributed by atoms with van der Waals surface area (Å²) in [6.07, 6.45) is 0.771. The number of halogens is 1. The van der Waals surface area contributed by atoms with Gasteiger partial charge in [-0.25, -0.2) is 4.79 Å². The van der Waals surface area contributed by atoms with Gasteiger partial charge in [0.15, 0.2) is 5.78 Å². The Morgan fingerprint density at radius 1 is 0.786 bits per heavy atom. The number of ketones is 1. The van der Waals surface area contributed by atoms with Gasteiger partial charge in [0.2, 0.25) is 0 Å². The average Bonchev–Trinajstić information content (AvgIpc) is 3.22. The molecule has 4 aromatic carbocycles. The Hall–Kier alpha value is -4.66.